The fraction of sp³-hybridized carbons (Fsp3) is 0.538. The molecule has 1 aromatic rings. The Morgan fingerprint density at radius 2 is 1.89 bits per heavy atom. The maximum atomic E-state index is 12.2. The quantitative estimate of drug-likeness (QED) is 0.894. The van der Waals surface area contributed by atoms with E-state index in [1.54, 1.807) is 37.1 Å². The predicted molar refractivity (Wildman–Crippen MR) is 71.5 cm³/mol. The summed E-state index contributed by atoms with van der Waals surface area (Å²) >= 11 is 1.59. The molecule has 0 bridgehead atoms. The van der Waals surface area contributed by atoms with Crippen LogP contribution in [0.5, 0.6) is 0 Å². The van der Waals surface area contributed by atoms with Crippen LogP contribution in [0, 0.1) is 11.8 Å². The Morgan fingerprint density at radius 1 is 1.28 bits per heavy atom. The first-order chi connectivity index (χ1) is 8.36. The van der Waals surface area contributed by atoms with Crippen molar-refractivity contribution in [2.24, 2.45) is 11.8 Å². The van der Waals surface area contributed by atoms with Crippen molar-refractivity contribution >= 4 is 23.2 Å². The van der Waals surface area contributed by atoms with Gasteiger partial charge in [0.2, 0.25) is 5.91 Å². The molecule has 0 aliphatic rings. The number of carbonyl (C=O) groups excluding carboxylic acids is 1. The van der Waals surface area contributed by atoms with Crippen molar-refractivity contribution in [3.8, 4) is 0 Å². The Hall–Kier alpha value is -1.36. The SMILES string of the molecule is CC(C(=O)O)C(C)C(=O)N(C)C(C)c1cccs1. The number of carbonyl (C=O) groups is 2. The molecule has 0 saturated heterocycles. The second-order valence-corrected chi connectivity index (χ2v) is 5.54. The van der Waals surface area contributed by atoms with E-state index in [1.165, 1.54) is 0 Å². The summed E-state index contributed by atoms with van der Waals surface area (Å²) in [6.45, 7) is 5.18. The van der Waals surface area contributed by atoms with Gasteiger partial charge in [-0.3, -0.25) is 9.59 Å². The lowest BCUT2D eigenvalue weighted by atomic mass is 9.94. The van der Waals surface area contributed by atoms with Crippen molar-refractivity contribution in [2.45, 2.75) is 26.8 Å². The molecule has 3 atom stereocenters. The van der Waals surface area contributed by atoms with Crippen LogP contribution in [0.4, 0.5) is 0 Å². The zero-order valence-electron chi connectivity index (χ0n) is 11.1. The second-order valence-electron chi connectivity index (χ2n) is 4.56. The van der Waals surface area contributed by atoms with Gasteiger partial charge in [-0.2, -0.15) is 0 Å². The number of carboxylic acids is 1. The van der Waals surface area contributed by atoms with Gasteiger partial charge < -0.3 is 10.0 Å². The van der Waals surface area contributed by atoms with Gasteiger partial charge in [-0.15, -0.1) is 11.3 Å². The summed E-state index contributed by atoms with van der Waals surface area (Å²) in [4.78, 5) is 25.8. The summed E-state index contributed by atoms with van der Waals surface area (Å²) in [5.74, 6) is -2.26. The zero-order valence-corrected chi connectivity index (χ0v) is 11.9. The highest BCUT2D eigenvalue weighted by Crippen LogP contribution is 2.26. The molecular formula is C13H19NO3S. The van der Waals surface area contributed by atoms with E-state index in [2.05, 4.69) is 0 Å². The van der Waals surface area contributed by atoms with Crippen molar-refractivity contribution in [3.63, 3.8) is 0 Å². The third kappa shape index (κ3) is 3.10. The largest absolute Gasteiger partial charge is 0.481 e. The Morgan fingerprint density at radius 3 is 2.33 bits per heavy atom. The Labute approximate surface area is 111 Å². The van der Waals surface area contributed by atoms with Gasteiger partial charge in [-0.05, 0) is 18.4 Å². The van der Waals surface area contributed by atoms with Crippen LogP contribution in [0.1, 0.15) is 31.7 Å². The highest BCUT2D eigenvalue weighted by atomic mass is 32.1. The third-order valence-electron chi connectivity index (χ3n) is 3.41. The number of rotatable bonds is 5. The van der Waals surface area contributed by atoms with Crippen molar-refractivity contribution < 1.29 is 14.7 Å². The lowest BCUT2D eigenvalue weighted by Crippen LogP contribution is -2.37. The van der Waals surface area contributed by atoms with Crippen LogP contribution in [0.15, 0.2) is 17.5 Å². The van der Waals surface area contributed by atoms with Gasteiger partial charge >= 0.3 is 5.97 Å². The molecule has 0 fully saturated rings. The maximum absolute atomic E-state index is 12.2. The van der Waals surface area contributed by atoms with E-state index in [1.807, 2.05) is 24.4 Å². The molecule has 1 N–H and O–H groups in total. The van der Waals surface area contributed by atoms with E-state index in [9.17, 15) is 9.59 Å². The molecule has 0 radical (unpaired) electrons. The Kier molecular flexibility index (Phi) is 4.90. The van der Waals surface area contributed by atoms with Gasteiger partial charge in [0.15, 0.2) is 0 Å². The molecular weight excluding hydrogens is 250 g/mol. The highest BCUT2D eigenvalue weighted by Gasteiger charge is 2.30. The maximum Gasteiger partial charge on any atom is 0.307 e. The number of amides is 1. The average molecular weight is 269 g/mol. The first-order valence-electron chi connectivity index (χ1n) is 5.89. The molecule has 4 nitrogen and oxygen atoms in total. The summed E-state index contributed by atoms with van der Waals surface area (Å²) in [5.41, 5.74) is 0. The van der Waals surface area contributed by atoms with E-state index in [-0.39, 0.29) is 11.9 Å². The van der Waals surface area contributed by atoms with Crippen molar-refractivity contribution in [2.75, 3.05) is 7.05 Å². The minimum absolute atomic E-state index is 0.0269. The molecule has 0 aliphatic heterocycles. The van der Waals surface area contributed by atoms with Gasteiger partial charge in [0.25, 0.3) is 0 Å². The normalized spacial score (nSPS) is 15.8. The number of aliphatic carboxylic acids is 1. The van der Waals surface area contributed by atoms with Crippen LogP contribution in [0.2, 0.25) is 0 Å². The van der Waals surface area contributed by atoms with E-state index >= 15 is 0 Å². The first-order valence-corrected chi connectivity index (χ1v) is 6.77. The summed E-state index contributed by atoms with van der Waals surface area (Å²) in [6.07, 6.45) is 0. The first kappa shape index (κ1) is 14.7. The van der Waals surface area contributed by atoms with E-state index in [0.717, 1.165) is 4.88 Å². The number of carboxylic acid groups (broad SMARTS) is 1. The van der Waals surface area contributed by atoms with E-state index < -0.39 is 17.8 Å². The second kappa shape index (κ2) is 6.00. The molecule has 100 valence electrons. The molecule has 18 heavy (non-hydrogen) atoms. The van der Waals surface area contributed by atoms with Crippen molar-refractivity contribution in [3.05, 3.63) is 22.4 Å². The van der Waals surface area contributed by atoms with E-state index in [0.29, 0.717) is 0 Å². The van der Waals surface area contributed by atoms with Gasteiger partial charge in [0, 0.05) is 17.8 Å². The molecule has 0 saturated carbocycles. The van der Waals surface area contributed by atoms with Crippen LogP contribution in [-0.4, -0.2) is 28.9 Å². The van der Waals surface area contributed by atoms with Gasteiger partial charge in [0.1, 0.15) is 0 Å². The number of thiophene rings is 1. The predicted octanol–water partition coefficient (Wildman–Crippen LogP) is 2.62. The van der Waals surface area contributed by atoms with Gasteiger partial charge in [-0.25, -0.2) is 0 Å². The number of nitrogens with zero attached hydrogens (tertiary/aromatic N) is 1. The fourth-order valence-corrected chi connectivity index (χ4v) is 2.49. The van der Waals surface area contributed by atoms with Crippen LogP contribution in [0.25, 0.3) is 0 Å². The molecule has 5 heteroatoms. The van der Waals surface area contributed by atoms with Gasteiger partial charge in [-0.1, -0.05) is 19.9 Å². The molecule has 0 spiro atoms. The van der Waals surface area contributed by atoms with Crippen LogP contribution >= 0.6 is 11.3 Å². The van der Waals surface area contributed by atoms with Crippen LogP contribution in [-0.2, 0) is 9.59 Å². The summed E-state index contributed by atoms with van der Waals surface area (Å²) in [6, 6.07) is 3.89. The Balaban J connectivity index is 2.75. The molecule has 1 heterocycles. The molecule has 1 amide bonds. The molecule has 0 aliphatic carbocycles. The Bertz CT molecular complexity index is 416. The van der Waals surface area contributed by atoms with Crippen LogP contribution in [0.3, 0.4) is 0 Å². The standard InChI is InChI=1S/C13H19NO3S/c1-8(9(2)13(16)17)12(15)14(4)10(3)11-6-5-7-18-11/h5-10H,1-4H3,(H,16,17). The lowest BCUT2D eigenvalue weighted by molar-refractivity contribution is -0.149. The highest BCUT2D eigenvalue weighted by molar-refractivity contribution is 7.10. The average Bonchev–Trinajstić information content (AvgIpc) is 2.87. The number of hydrogen-bond donors (Lipinski definition) is 1. The summed E-state index contributed by atoms with van der Waals surface area (Å²) < 4.78 is 0. The monoisotopic (exact) mass is 269 g/mol. The summed E-state index contributed by atoms with van der Waals surface area (Å²) in [5, 5.41) is 10.9. The fourth-order valence-electron chi connectivity index (χ4n) is 1.66. The minimum Gasteiger partial charge on any atom is -0.481 e. The molecule has 0 aromatic carbocycles. The molecule has 1 rings (SSSR count). The van der Waals surface area contributed by atoms with E-state index in [4.69, 9.17) is 5.11 Å². The van der Waals surface area contributed by atoms with Crippen molar-refractivity contribution in [1.82, 2.24) is 4.90 Å². The number of hydrogen-bond acceptors (Lipinski definition) is 3. The smallest absolute Gasteiger partial charge is 0.307 e. The minimum atomic E-state index is -0.937. The van der Waals surface area contributed by atoms with Gasteiger partial charge in [0.05, 0.1) is 12.0 Å². The zero-order chi connectivity index (χ0) is 13.9. The topological polar surface area (TPSA) is 57.6 Å². The molecule has 3 unspecified atom stereocenters. The third-order valence-corrected chi connectivity index (χ3v) is 4.46. The van der Waals surface area contributed by atoms with Crippen LogP contribution < -0.4 is 0 Å². The van der Waals surface area contributed by atoms with Crippen molar-refractivity contribution in [1.29, 1.82) is 0 Å². The summed E-state index contributed by atoms with van der Waals surface area (Å²) in [7, 11) is 1.72. The molecule has 1 aromatic heterocycles. The lowest BCUT2D eigenvalue weighted by Gasteiger charge is -2.28.